The molecule has 2 N–H and O–H groups in total. The molecule has 0 atom stereocenters. The molecule has 9 nitrogen and oxygen atoms in total. The molecule has 1 aromatic carbocycles. The average molecular weight is 488 g/mol. The number of nitrogens with zero attached hydrogens (tertiary/aromatic N) is 5. The summed E-state index contributed by atoms with van der Waals surface area (Å²) < 4.78 is 20.0. The van der Waals surface area contributed by atoms with Crippen LogP contribution in [-0.4, -0.2) is 57.6 Å². The van der Waals surface area contributed by atoms with Crippen molar-refractivity contribution in [3.05, 3.63) is 72.0 Å². The SMILES string of the molecule is CNC(=O)c1ccnc2c(CCNc3cc(-c4cnc(C5CCOCC5)nc4)ncn3)ccc(F)c12. The van der Waals surface area contributed by atoms with Crippen LogP contribution in [0.4, 0.5) is 10.2 Å². The molecule has 0 aliphatic carbocycles. The first kappa shape index (κ1) is 23.7. The third-order valence-electron chi connectivity index (χ3n) is 6.32. The third-order valence-corrected chi connectivity index (χ3v) is 6.32. The molecule has 36 heavy (non-hydrogen) atoms. The number of fused-ring (bicyclic) bond motifs is 1. The summed E-state index contributed by atoms with van der Waals surface area (Å²) in [5, 5.41) is 6.06. The van der Waals surface area contributed by atoms with Gasteiger partial charge in [0.25, 0.3) is 5.91 Å². The number of carbonyl (C=O) groups excluding carboxylic acids is 1. The summed E-state index contributed by atoms with van der Waals surface area (Å²) in [4.78, 5) is 34.3. The Morgan fingerprint density at radius 3 is 2.67 bits per heavy atom. The van der Waals surface area contributed by atoms with Crippen molar-refractivity contribution in [3.8, 4) is 11.3 Å². The van der Waals surface area contributed by atoms with E-state index in [9.17, 15) is 9.18 Å². The number of aromatic nitrogens is 5. The van der Waals surface area contributed by atoms with E-state index in [-0.39, 0.29) is 16.9 Å². The zero-order chi connectivity index (χ0) is 24.9. The number of ether oxygens (including phenoxy) is 1. The molecule has 4 aromatic rings. The van der Waals surface area contributed by atoms with E-state index in [4.69, 9.17) is 4.74 Å². The molecule has 0 saturated carbocycles. The number of anilines is 1. The minimum atomic E-state index is -0.473. The molecule has 0 spiro atoms. The van der Waals surface area contributed by atoms with Crippen molar-refractivity contribution in [2.24, 2.45) is 0 Å². The largest absolute Gasteiger partial charge is 0.381 e. The van der Waals surface area contributed by atoms with Gasteiger partial charge in [-0.05, 0) is 37.0 Å². The van der Waals surface area contributed by atoms with Gasteiger partial charge in [0.15, 0.2) is 0 Å². The van der Waals surface area contributed by atoms with E-state index in [1.165, 1.54) is 31.7 Å². The Labute approximate surface area is 207 Å². The van der Waals surface area contributed by atoms with Gasteiger partial charge < -0.3 is 15.4 Å². The summed E-state index contributed by atoms with van der Waals surface area (Å²) in [6.45, 7) is 2.02. The maximum absolute atomic E-state index is 14.6. The molecule has 5 rings (SSSR count). The zero-order valence-corrected chi connectivity index (χ0v) is 19.9. The van der Waals surface area contributed by atoms with E-state index >= 15 is 0 Å². The maximum Gasteiger partial charge on any atom is 0.251 e. The predicted octanol–water partition coefficient (Wildman–Crippen LogP) is 3.53. The molecule has 0 unspecified atom stereocenters. The van der Waals surface area contributed by atoms with Gasteiger partial charge in [-0.1, -0.05) is 6.07 Å². The fourth-order valence-corrected chi connectivity index (χ4v) is 4.38. The van der Waals surface area contributed by atoms with Crippen LogP contribution in [0, 0.1) is 5.82 Å². The van der Waals surface area contributed by atoms with Gasteiger partial charge >= 0.3 is 0 Å². The lowest BCUT2D eigenvalue weighted by Gasteiger charge is -2.20. The van der Waals surface area contributed by atoms with E-state index in [0.29, 0.717) is 30.2 Å². The monoisotopic (exact) mass is 487 g/mol. The lowest BCUT2D eigenvalue weighted by atomic mass is 9.99. The lowest BCUT2D eigenvalue weighted by molar-refractivity contribution is 0.0836. The Balaban J connectivity index is 1.28. The number of hydrogen-bond donors (Lipinski definition) is 2. The van der Waals surface area contributed by atoms with Crippen LogP contribution in [0.1, 0.15) is 40.5 Å². The van der Waals surface area contributed by atoms with Crippen LogP contribution < -0.4 is 10.6 Å². The van der Waals surface area contributed by atoms with Crippen molar-refractivity contribution >= 4 is 22.6 Å². The fraction of sp³-hybridized carbons (Fsp3) is 0.308. The van der Waals surface area contributed by atoms with Crippen LogP contribution in [0.15, 0.2) is 49.2 Å². The summed E-state index contributed by atoms with van der Waals surface area (Å²) in [5.41, 5.74) is 3.10. The first-order valence-corrected chi connectivity index (χ1v) is 11.9. The summed E-state index contributed by atoms with van der Waals surface area (Å²) in [6.07, 6.45) is 9.04. The van der Waals surface area contributed by atoms with Crippen molar-refractivity contribution in [1.29, 1.82) is 0 Å². The highest BCUT2D eigenvalue weighted by Crippen LogP contribution is 2.26. The Morgan fingerprint density at radius 1 is 1.08 bits per heavy atom. The second-order valence-corrected chi connectivity index (χ2v) is 8.55. The van der Waals surface area contributed by atoms with E-state index in [1.54, 1.807) is 18.5 Å². The Kier molecular flexibility index (Phi) is 7.03. The maximum atomic E-state index is 14.6. The minimum absolute atomic E-state index is 0.225. The molecular formula is C26H26FN7O2. The van der Waals surface area contributed by atoms with Gasteiger partial charge in [0, 0.05) is 68.3 Å². The van der Waals surface area contributed by atoms with E-state index in [1.807, 2.05) is 6.07 Å². The predicted molar refractivity (Wildman–Crippen MR) is 133 cm³/mol. The second-order valence-electron chi connectivity index (χ2n) is 8.55. The highest BCUT2D eigenvalue weighted by molar-refractivity contribution is 6.06. The Bertz CT molecular complexity index is 1370. The molecule has 1 aliphatic rings. The van der Waals surface area contributed by atoms with Gasteiger partial charge in [-0.3, -0.25) is 9.78 Å². The Morgan fingerprint density at radius 2 is 1.89 bits per heavy atom. The minimum Gasteiger partial charge on any atom is -0.381 e. The van der Waals surface area contributed by atoms with Gasteiger partial charge in [-0.25, -0.2) is 24.3 Å². The molecule has 1 fully saturated rings. The molecule has 10 heteroatoms. The molecule has 1 aliphatic heterocycles. The molecule has 1 saturated heterocycles. The van der Waals surface area contributed by atoms with Crippen LogP contribution in [-0.2, 0) is 11.2 Å². The van der Waals surface area contributed by atoms with Gasteiger partial charge in [0.1, 0.15) is 23.8 Å². The highest BCUT2D eigenvalue weighted by Gasteiger charge is 2.19. The van der Waals surface area contributed by atoms with Crippen LogP contribution in [0.3, 0.4) is 0 Å². The fourth-order valence-electron chi connectivity index (χ4n) is 4.38. The number of rotatable bonds is 7. The molecule has 184 valence electrons. The molecule has 4 heterocycles. The number of halogens is 1. The van der Waals surface area contributed by atoms with Gasteiger partial charge in [0.05, 0.1) is 16.8 Å². The van der Waals surface area contributed by atoms with Crippen LogP contribution in [0.2, 0.25) is 0 Å². The van der Waals surface area contributed by atoms with Crippen molar-refractivity contribution in [2.75, 3.05) is 32.1 Å². The molecule has 0 radical (unpaired) electrons. The first-order chi connectivity index (χ1) is 17.6. The van der Waals surface area contributed by atoms with Crippen molar-refractivity contribution in [1.82, 2.24) is 30.2 Å². The standard InChI is InChI=1S/C26H26FN7O2/c1-28-26(35)19-5-9-30-24-16(2-3-20(27)23(19)24)4-8-29-22-12-21(33-15-34-22)18-13-31-25(32-14-18)17-6-10-36-11-7-17/h2-3,5,9,12-15,17H,4,6-8,10-11H2,1H3,(H,28,35)(H,29,33,34). The van der Waals surface area contributed by atoms with Crippen molar-refractivity contribution in [2.45, 2.75) is 25.2 Å². The summed E-state index contributed by atoms with van der Waals surface area (Å²) in [6, 6.07) is 6.44. The average Bonchev–Trinajstić information content (AvgIpc) is 2.94. The number of amides is 1. The van der Waals surface area contributed by atoms with E-state index in [2.05, 4.69) is 35.6 Å². The first-order valence-electron chi connectivity index (χ1n) is 11.9. The van der Waals surface area contributed by atoms with E-state index < -0.39 is 5.82 Å². The second kappa shape index (κ2) is 10.7. The normalized spacial score (nSPS) is 14.1. The highest BCUT2D eigenvalue weighted by atomic mass is 19.1. The molecule has 0 bridgehead atoms. The van der Waals surface area contributed by atoms with Crippen LogP contribution >= 0.6 is 0 Å². The summed E-state index contributed by atoms with van der Waals surface area (Å²) in [7, 11) is 1.52. The third kappa shape index (κ3) is 4.99. The molecular weight excluding hydrogens is 461 g/mol. The summed E-state index contributed by atoms with van der Waals surface area (Å²) in [5.74, 6) is 1.00. The molecule has 1 amide bonds. The van der Waals surface area contributed by atoms with E-state index in [0.717, 1.165) is 48.7 Å². The topological polar surface area (TPSA) is 115 Å². The number of benzene rings is 1. The zero-order valence-electron chi connectivity index (χ0n) is 19.9. The van der Waals surface area contributed by atoms with Crippen molar-refractivity contribution in [3.63, 3.8) is 0 Å². The smallest absolute Gasteiger partial charge is 0.251 e. The number of carbonyl (C=O) groups is 1. The van der Waals surface area contributed by atoms with Crippen LogP contribution in [0.5, 0.6) is 0 Å². The number of nitrogens with one attached hydrogen (secondary N) is 2. The summed E-state index contributed by atoms with van der Waals surface area (Å²) >= 11 is 0. The lowest BCUT2D eigenvalue weighted by Crippen LogP contribution is -2.18. The van der Waals surface area contributed by atoms with Gasteiger partial charge in [-0.15, -0.1) is 0 Å². The van der Waals surface area contributed by atoms with Gasteiger partial charge in [-0.2, -0.15) is 0 Å². The van der Waals surface area contributed by atoms with Crippen molar-refractivity contribution < 1.29 is 13.9 Å². The number of hydrogen-bond acceptors (Lipinski definition) is 8. The number of pyridine rings is 1. The Hall–Kier alpha value is -4.05. The molecule has 3 aromatic heterocycles. The van der Waals surface area contributed by atoms with Gasteiger partial charge in [0.2, 0.25) is 0 Å². The van der Waals surface area contributed by atoms with Crippen LogP contribution in [0.25, 0.3) is 22.2 Å². The quantitative estimate of drug-likeness (QED) is 0.407.